The Morgan fingerprint density at radius 1 is 1.41 bits per heavy atom. The quantitative estimate of drug-likeness (QED) is 0.589. The Morgan fingerprint density at radius 3 is 2.91 bits per heavy atom. The molecule has 0 aliphatic heterocycles. The summed E-state index contributed by atoms with van der Waals surface area (Å²) < 4.78 is 19.4. The number of aromatic amines is 1. The SMILES string of the molecule is CCc1c[nH]c2ncnc(Oc3ccc([N+](=O)[O-])cc3F)c12. The van der Waals surface area contributed by atoms with E-state index >= 15 is 0 Å². The minimum Gasteiger partial charge on any atom is -0.435 e. The van der Waals surface area contributed by atoms with Gasteiger partial charge in [-0.2, -0.15) is 0 Å². The van der Waals surface area contributed by atoms with Crippen LogP contribution < -0.4 is 4.74 Å². The third-order valence-electron chi connectivity index (χ3n) is 3.23. The van der Waals surface area contributed by atoms with E-state index in [1.165, 1.54) is 18.5 Å². The Morgan fingerprint density at radius 2 is 2.23 bits per heavy atom. The molecule has 22 heavy (non-hydrogen) atoms. The van der Waals surface area contributed by atoms with E-state index in [-0.39, 0.29) is 17.3 Å². The van der Waals surface area contributed by atoms with Gasteiger partial charge in [0.15, 0.2) is 11.6 Å². The van der Waals surface area contributed by atoms with Crippen LogP contribution in [0, 0.1) is 15.9 Å². The molecule has 0 bridgehead atoms. The van der Waals surface area contributed by atoms with Crippen LogP contribution in [0.3, 0.4) is 0 Å². The lowest BCUT2D eigenvalue weighted by molar-refractivity contribution is -0.385. The average Bonchev–Trinajstić information content (AvgIpc) is 2.93. The average molecular weight is 302 g/mol. The molecule has 2 heterocycles. The van der Waals surface area contributed by atoms with Gasteiger partial charge in [0, 0.05) is 12.3 Å². The molecule has 1 aromatic carbocycles. The van der Waals surface area contributed by atoms with Crippen LogP contribution >= 0.6 is 0 Å². The van der Waals surface area contributed by atoms with Crippen molar-refractivity contribution < 1.29 is 14.1 Å². The lowest BCUT2D eigenvalue weighted by Gasteiger charge is -2.07. The lowest BCUT2D eigenvalue weighted by Crippen LogP contribution is -1.95. The molecule has 0 aliphatic carbocycles. The monoisotopic (exact) mass is 302 g/mol. The van der Waals surface area contributed by atoms with Crippen molar-refractivity contribution >= 4 is 16.7 Å². The zero-order chi connectivity index (χ0) is 15.7. The standard InChI is InChI=1S/C14H11FN4O3/c1-2-8-6-16-13-12(8)14(18-7-17-13)22-11-4-3-9(19(20)21)5-10(11)15/h3-7H,2H2,1H3,(H,16,17,18). The number of nitrogens with zero attached hydrogens (tertiary/aromatic N) is 3. The number of hydrogen-bond acceptors (Lipinski definition) is 5. The van der Waals surface area contributed by atoms with Crippen molar-refractivity contribution in [3.63, 3.8) is 0 Å². The maximum Gasteiger partial charge on any atom is 0.272 e. The molecule has 0 spiro atoms. The maximum absolute atomic E-state index is 13.9. The smallest absolute Gasteiger partial charge is 0.272 e. The number of rotatable bonds is 4. The maximum atomic E-state index is 13.9. The van der Waals surface area contributed by atoms with E-state index in [1.54, 1.807) is 6.20 Å². The minimum absolute atomic E-state index is 0.131. The van der Waals surface area contributed by atoms with E-state index in [1.807, 2.05) is 6.92 Å². The third-order valence-corrected chi connectivity index (χ3v) is 3.23. The molecule has 0 amide bonds. The highest BCUT2D eigenvalue weighted by molar-refractivity contribution is 5.84. The highest BCUT2D eigenvalue weighted by Gasteiger charge is 2.16. The Hall–Kier alpha value is -3.03. The Balaban J connectivity index is 2.03. The van der Waals surface area contributed by atoms with Gasteiger partial charge in [-0.3, -0.25) is 10.1 Å². The van der Waals surface area contributed by atoms with E-state index in [4.69, 9.17) is 4.74 Å². The number of fused-ring (bicyclic) bond motifs is 1. The number of halogens is 1. The van der Waals surface area contributed by atoms with Crippen LogP contribution in [0.15, 0.2) is 30.7 Å². The van der Waals surface area contributed by atoms with Crippen molar-refractivity contribution in [3.8, 4) is 11.6 Å². The van der Waals surface area contributed by atoms with Crippen LogP contribution in [-0.4, -0.2) is 19.9 Å². The highest BCUT2D eigenvalue weighted by atomic mass is 19.1. The Kier molecular flexibility index (Phi) is 3.42. The van der Waals surface area contributed by atoms with Gasteiger partial charge in [0.2, 0.25) is 5.88 Å². The summed E-state index contributed by atoms with van der Waals surface area (Å²) in [7, 11) is 0. The van der Waals surface area contributed by atoms with Crippen molar-refractivity contribution in [3.05, 3.63) is 52.2 Å². The van der Waals surface area contributed by atoms with Gasteiger partial charge in [0.05, 0.1) is 16.4 Å². The van der Waals surface area contributed by atoms with Crippen LogP contribution in [0.5, 0.6) is 11.6 Å². The van der Waals surface area contributed by atoms with Gasteiger partial charge in [0.1, 0.15) is 12.0 Å². The number of hydrogen-bond donors (Lipinski definition) is 1. The van der Waals surface area contributed by atoms with E-state index < -0.39 is 10.7 Å². The summed E-state index contributed by atoms with van der Waals surface area (Å²) in [6.07, 6.45) is 3.82. The predicted molar refractivity (Wildman–Crippen MR) is 76.4 cm³/mol. The lowest BCUT2D eigenvalue weighted by atomic mass is 10.2. The first kappa shape index (κ1) is 13.9. The molecule has 0 unspecified atom stereocenters. The Labute approximate surface area is 123 Å². The minimum atomic E-state index is -0.824. The molecule has 8 heteroatoms. The summed E-state index contributed by atoms with van der Waals surface area (Å²) in [4.78, 5) is 21.0. The topological polar surface area (TPSA) is 93.9 Å². The molecule has 0 atom stereocenters. The van der Waals surface area contributed by atoms with Crippen molar-refractivity contribution in [2.24, 2.45) is 0 Å². The summed E-state index contributed by atoms with van der Waals surface area (Å²) in [5.74, 6) is -0.751. The first-order valence-corrected chi connectivity index (χ1v) is 6.53. The summed E-state index contributed by atoms with van der Waals surface area (Å²) in [5.41, 5.74) is 1.19. The van der Waals surface area contributed by atoms with E-state index in [9.17, 15) is 14.5 Å². The van der Waals surface area contributed by atoms with Gasteiger partial charge in [-0.15, -0.1) is 0 Å². The van der Waals surface area contributed by atoms with Crippen LogP contribution in [0.2, 0.25) is 0 Å². The Bertz CT molecular complexity index is 862. The molecule has 3 aromatic rings. The van der Waals surface area contributed by atoms with Crippen LogP contribution in [-0.2, 0) is 6.42 Å². The van der Waals surface area contributed by atoms with Gasteiger partial charge in [-0.05, 0) is 18.1 Å². The largest absolute Gasteiger partial charge is 0.435 e. The van der Waals surface area contributed by atoms with Crippen molar-refractivity contribution in [1.82, 2.24) is 15.0 Å². The van der Waals surface area contributed by atoms with E-state index in [2.05, 4.69) is 15.0 Å². The fraction of sp³-hybridized carbons (Fsp3) is 0.143. The third kappa shape index (κ3) is 2.34. The van der Waals surface area contributed by atoms with Crippen molar-refractivity contribution in [2.45, 2.75) is 13.3 Å². The van der Waals surface area contributed by atoms with E-state index in [0.717, 1.165) is 18.1 Å². The first-order valence-electron chi connectivity index (χ1n) is 6.53. The molecule has 7 nitrogen and oxygen atoms in total. The van der Waals surface area contributed by atoms with Gasteiger partial charge in [0.25, 0.3) is 5.69 Å². The van der Waals surface area contributed by atoms with E-state index in [0.29, 0.717) is 11.0 Å². The molecule has 112 valence electrons. The number of aromatic nitrogens is 3. The van der Waals surface area contributed by atoms with Crippen molar-refractivity contribution in [2.75, 3.05) is 0 Å². The fourth-order valence-corrected chi connectivity index (χ4v) is 2.14. The number of H-pyrrole nitrogens is 1. The molecule has 2 aromatic heterocycles. The summed E-state index contributed by atoms with van der Waals surface area (Å²) in [5, 5.41) is 11.3. The number of aryl methyl sites for hydroxylation is 1. The number of benzene rings is 1. The molecule has 0 radical (unpaired) electrons. The second kappa shape index (κ2) is 5.40. The number of non-ortho nitro benzene ring substituents is 1. The van der Waals surface area contributed by atoms with Gasteiger partial charge < -0.3 is 9.72 Å². The molecule has 0 saturated heterocycles. The zero-order valence-corrected chi connectivity index (χ0v) is 11.5. The number of nitro groups is 1. The van der Waals surface area contributed by atoms with Gasteiger partial charge >= 0.3 is 0 Å². The molecule has 0 fully saturated rings. The number of nitrogens with one attached hydrogen (secondary N) is 1. The second-order valence-electron chi connectivity index (χ2n) is 4.54. The van der Waals surface area contributed by atoms with Gasteiger partial charge in [-0.25, -0.2) is 14.4 Å². The van der Waals surface area contributed by atoms with Gasteiger partial charge in [-0.1, -0.05) is 6.92 Å². The zero-order valence-electron chi connectivity index (χ0n) is 11.5. The highest BCUT2D eigenvalue weighted by Crippen LogP contribution is 2.31. The normalized spacial score (nSPS) is 10.8. The first-order chi connectivity index (χ1) is 10.6. The predicted octanol–water partition coefficient (Wildman–Crippen LogP) is 3.36. The molecular weight excluding hydrogens is 291 g/mol. The van der Waals surface area contributed by atoms with Crippen LogP contribution in [0.1, 0.15) is 12.5 Å². The van der Waals surface area contributed by atoms with Crippen LogP contribution in [0.4, 0.5) is 10.1 Å². The summed E-state index contributed by atoms with van der Waals surface area (Å²) in [6, 6.07) is 3.19. The molecule has 0 aliphatic rings. The summed E-state index contributed by atoms with van der Waals surface area (Å²) in [6.45, 7) is 1.96. The number of nitro benzene ring substituents is 1. The summed E-state index contributed by atoms with van der Waals surface area (Å²) >= 11 is 0. The molecular formula is C14H11FN4O3. The molecule has 0 saturated carbocycles. The second-order valence-corrected chi connectivity index (χ2v) is 4.54. The van der Waals surface area contributed by atoms with Crippen LogP contribution in [0.25, 0.3) is 11.0 Å². The van der Waals surface area contributed by atoms with Crippen molar-refractivity contribution in [1.29, 1.82) is 0 Å². The fourth-order valence-electron chi connectivity index (χ4n) is 2.14. The molecule has 1 N–H and O–H groups in total. The molecule has 3 rings (SSSR count). The number of ether oxygens (including phenoxy) is 1.